The molecule has 1 unspecified atom stereocenters. The van der Waals surface area contributed by atoms with Crippen LogP contribution < -0.4 is 0 Å². The first-order valence-corrected chi connectivity index (χ1v) is 8.97. The molecule has 2 aromatic carbocycles. The van der Waals surface area contributed by atoms with Crippen LogP contribution in [0.1, 0.15) is 30.0 Å². The molecule has 1 aliphatic heterocycles. The van der Waals surface area contributed by atoms with E-state index in [4.69, 9.17) is 0 Å². The summed E-state index contributed by atoms with van der Waals surface area (Å²) < 4.78 is 40.9. The van der Waals surface area contributed by atoms with Crippen LogP contribution >= 0.6 is 0 Å². The molecular formula is C17H18FNO2S. The molecule has 0 amide bonds. The van der Waals surface area contributed by atoms with Crippen molar-refractivity contribution in [2.45, 2.75) is 24.6 Å². The second kappa shape index (κ2) is 6.18. The Morgan fingerprint density at radius 1 is 1.05 bits per heavy atom. The molecule has 5 heteroatoms. The lowest BCUT2D eigenvalue weighted by Crippen LogP contribution is -2.32. The molecule has 1 fully saturated rings. The summed E-state index contributed by atoms with van der Waals surface area (Å²) >= 11 is 0. The number of halogens is 1. The van der Waals surface area contributed by atoms with Crippen LogP contribution in [-0.4, -0.2) is 19.3 Å². The van der Waals surface area contributed by atoms with E-state index >= 15 is 0 Å². The average Bonchev–Trinajstić information content (AvgIpc) is 2.98. The summed E-state index contributed by atoms with van der Waals surface area (Å²) in [5.74, 6) is -0.381. The zero-order valence-corrected chi connectivity index (χ0v) is 13.0. The molecule has 116 valence electrons. The number of sulfonamides is 1. The zero-order chi connectivity index (χ0) is 15.6. The molecule has 0 radical (unpaired) electrons. The number of hydrogen-bond acceptors (Lipinski definition) is 2. The Balaban J connectivity index is 1.88. The maximum absolute atomic E-state index is 14.0. The minimum absolute atomic E-state index is 0.0429. The monoisotopic (exact) mass is 319 g/mol. The van der Waals surface area contributed by atoms with Gasteiger partial charge in [0.2, 0.25) is 10.0 Å². The summed E-state index contributed by atoms with van der Waals surface area (Å²) in [6, 6.07) is 15.1. The van der Waals surface area contributed by atoms with Crippen LogP contribution in [0.3, 0.4) is 0 Å². The van der Waals surface area contributed by atoms with Gasteiger partial charge >= 0.3 is 0 Å². The predicted octanol–water partition coefficient (Wildman–Crippen LogP) is 3.49. The fraction of sp³-hybridized carbons (Fsp3) is 0.294. The highest BCUT2D eigenvalue weighted by atomic mass is 32.2. The van der Waals surface area contributed by atoms with Crippen molar-refractivity contribution in [3.05, 3.63) is 71.5 Å². The van der Waals surface area contributed by atoms with Crippen LogP contribution in [0, 0.1) is 5.82 Å². The summed E-state index contributed by atoms with van der Waals surface area (Å²) in [6.07, 6.45) is 1.42. The van der Waals surface area contributed by atoms with Gasteiger partial charge in [-0.1, -0.05) is 48.5 Å². The highest BCUT2D eigenvalue weighted by molar-refractivity contribution is 7.88. The molecule has 0 N–H and O–H groups in total. The summed E-state index contributed by atoms with van der Waals surface area (Å²) in [5, 5.41) is 0. The number of hydrogen-bond donors (Lipinski definition) is 0. The van der Waals surface area contributed by atoms with Gasteiger partial charge in [0.05, 0.1) is 11.8 Å². The molecule has 1 heterocycles. The van der Waals surface area contributed by atoms with Crippen molar-refractivity contribution in [2.24, 2.45) is 0 Å². The first kappa shape index (κ1) is 15.2. The van der Waals surface area contributed by atoms with E-state index in [0.29, 0.717) is 18.5 Å². The van der Waals surface area contributed by atoms with E-state index < -0.39 is 16.1 Å². The minimum Gasteiger partial charge on any atom is -0.212 e. The molecule has 2 aromatic rings. The second-order valence-electron chi connectivity index (χ2n) is 5.53. The van der Waals surface area contributed by atoms with E-state index in [0.717, 1.165) is 12.0 Å². The smallest absolute Gasteiger partial charge is 0.212 e. The maximum Gasteiger partial charge on any atom is 0.218 e. The van der Waals surface area contributed by atoms with Crippen molar-refractivity contribution in [1.82, 2.24) is 4.31 Å². The molecule has 0 spiro atoms. The molecule has 1 aliphatic rings. The number of rotatable bonds is 4. The number of nitrogens with zero attached hydrogens (tertiary/aromatic N) is 1. The Hall–Kier alpha value is -1.72. The van der Waals surface area contributed by atoms with E-state index in [1.54, 1.807) is 30.3 Å². The van der Waals surface area contributed by atoms with E-state index in [2.05, 4.69) is 0 Å². The zero-order valence-electron chi connectivity index (χ0n) is 12.2. The van der Waals surface area contributed by atoms with Gasteiger partial charge in [-0.3, -0.25) is 0 Å². The molecule has 1 saturated heterocycles. The Morgan fingerprint density at radius 2 is 1.73 bits per heavy atom. The molecule has 0 bridgehead atoms. The molecule has 0 aromatic heterocycles. The third kappa shape index (κ3) is 3.05. The highest BCUT2D eigenvalue weighted by Gasteiger charge is 2.36. The normalized spacial score (nSPS) is 19.4. The Morgan fingerprint density at radius 3 is 2.45 bits per heavy atom. The first-order chi connectivity index (χ1) is 10.6. The Bertz CT molecular complexity index is 746. The van der Waals surface area contributed by atoms with E-state index in [1.807, 2.05) is 18.2 Å². The van der Waals surface area contributed by atoms with Crippen LogP contribution in [0.5, 0.6) is 0 Å². The molecular weight excluding hydrogens is 301 g/mol. The SMILES string of the molecule is O=S(=O)(Cc1ccccc1)N1CCCC1c1ccccc1F. The van der Waals surface area contributed by atoms with Crippen molar-refractivity contribution in [3.8, 4) is 0 Å². The largest absolute Gasteiger partial charge is 0.218 e. The standard InChI is InChI=1S/C17H18FNO2S/c18-16-10-5-4-9-15(16)17-11-6-12-19(17)22(20,21)13-14-7-2-1-3-8-14/h1-5,7-10,17H,6,11-13H2. The summed E-state index contributed by atoms with van der Waals surface area (Å²) in [7, 11) is -3.46. The molecule has 22 heavy (non-hydrogen) atoms. The van der Waals surface area contributed by atoms with Crippen molar-refractivity contribution in [2.75, 3.05) is 6.54 Å². The van der Waals surface area contributed by atoms with Gasteiger partial charge in [0, 0.05) is 12.1 Å². The maximum atomic E-state index is 14.0. The fourth-order valence-corrected chi connectivity index (χ4v) is 4.79. The lowest BCUT2D eigenvalue weighted by molar-refractivity contribution is 0.386. The van der Waals surface area contributed by atoms with Crippen molar-refractivity contribution in [1.29, 1.82) is 0 Å². The highest BCUT2D eigenvalue weighted by Crippen LogP contribution is 2.36. The number of benzene rings is 2. The van der Waals surface area contributed by atoms with Gasteiger partial charge in [-0.25, -0.2) is 12.8 Å². The average molecular weight is 319 g/mol. The first-order valence-electron chi connectivity index (χ1n) is 7.36. The molecule has 1 atom stereocenters. The fourth-order valence-electron chi connectivity index (χ4n) is 3.00. The second-order valence-corrected chi connectivity index (χ2v) is 7.45. The lowest BCUT2D eigenvalue weighted by Gasteiger charge is -2.24. The lowest BCUT2D eigenvalue weighted by atomic mass is 10.1. The van der Waals surface area contributed by atoms with E-state index in [9.17, 15) is 12.8 Å². The molecule has 3 nitrogen and oxygen atoms in total. The summed E-state index contributed by atoms with van der Waals surface area (Å²) in [5.41, 5.74) is 1.22. The van der Waals surface area contributed by atoms with Gasteiger partial charge in [0.1, 0.15) is 5.82 Å². The predicted molar refractivity (Wildman–Crippen MR) is 84.1 cm³/mol. The Labute approximate surface area is 130 Å². The van der Waals surface area contributed by atoms with Crippen LogP contribution in [0.4, 0.5) is 4.39 Å². The van der Waals surface area contributed by atoms with Gasteiger partial charge in [0.15, 0.2) is 0 Å². The van der Waals surface area contributed by atoms with Crippen LogP contribution in [0.25, 0.3) is 0 Å². The van der Waals surface area contributed by atoms with Crippen LogP contribution in [-0.2, 0) is 15.8 Å². The van der Waals surface area contributed by atoms with Crippen molar-refractivity contribution in [3.63, 3.8) is 0 Å². The topological polar surface area (TPSA) is 37.4 Å². The van der Waals surface area contributed by atoms with Gasteiger partial charge in [-0.2, -0.15) is 4.31 Å². The third-order valence-electron chi connectivity index (χ3n) is 4.02. The quantitative estimate of drug-likeness (QED) is 0.865. The van der Waals surface area contributed by atoms with Crippen molar-refractivity contribution < 1.29 is 12.8 Å². The minimum atomic E-state index is -3.46. The molecule has 0 saturated carbocycles. The van der Waals surface area contributed by atoms with E-state index in [1.165, 1.54) is 10.4 Å². The molecule has 3 rings (SSSR count). The van der Waals surface area contributed by atoms with Gasteiger partial charge in [-0.15, -0.1) is 0 Å². The van der Waals surface area contributed by atoms with E-state index in [-0.39, 0.29) is 11.6 Å². The third-order valence-corrected chi connectivity index (χ3v) is 5.87. The Kier molecular flexibility index (Phi) is 4.27. The van der Waals surface area contributed by atoms with Gasteiger partial charge in [-0.05, 0) is 24.5 Å². The summed E-state index contributed by atoms with van der Waals surface area (Å²) in [6.45, 7) is 0.453. The summed E-state index contributed by atoms with van der Waals surface area (Å²) in [4.78, 5) is 0. The van der Waals surface area contributed by atoms with Crippen LogP contribution in [0.15, 0.2) is 54.6 Å². The van der Waals surface area contributed by atoms with Gasteiger partial charge < -0.3 is 0 Å². The van der Waals surface area contributed by atoms with Gasteiger partial charge in [0.25, 0.3) is 0 Å². The van der Waals surface area contributed by atoms with Crippen molar-refractivity contribution >= 4 is 10.0 Å². The molecule has 0 aliphatic carbocycles. The van der Waals surface area contributed by atoms with Crippen LogP contribution in [0.2, 0.25) is 0 Å².